The van der Waals surface area contributed by atoms with Gasteiger partial charge >= 0.3 is 0 Å². The van der Waals surface area contributed by atoms with E-state index in [-0.39, 0.29) is 17.7 Å². The summed E-state index contributed by atoms with van der Waals surface area (Å²) in [6, 6.07) is 12.4. The largest absolute Gasteiger partial charge is 0.508 e. The summed E-state index contributed by atoms with van der Waals surface area (Å²) in [6.45, 7) is 1.47. The van der Waals surface area contributed by atoms with E-state index in [1.807, 2.05) is 18.2 Å². The molecule has 2 aromatic carbocycles. The molecule has 0 saturated heterocycles. The Labute approximate surface area is 134 Å². The first-order valence-electron chi connectivity index (χ1n) is 7.18. The molecule has 0 saturated carbocycles. The molecule has 0 radical (unpaired) electrons. The average molecular weight is 317 g/mol. The molecule has 0 aliphatic carbocycles. The molecule has 1 aliphatic heterocycles. The van der Waals surface area contributed by atoms with Gasteiger partial charge in [0, 0.05) is 18.1 Å². The first-order valence-corrected chi connectivity index (χ1v) is 7.56. The molecule has 22 heavy (non-hydrogen) atoms. The Balaban J connectivity index is 1.69. The Bertz CT molecular complexity index is 686. The fourth-order valence-electron chi connectivity index (χ4n) is 2.70. The smallest absolute Gasteiger partial charge is 0.224 e. The molecule has 5 heteroatoms. The molecule has 0 fully saturated rings. The molecule has 1 atom stereocenters. The zero-order chi connectivity index (χ0) is 15.5. The molecule has 114 valence electrons. The summed E-state index contributed by atoms with van der Waals surface area (Å²) < 4.78 is 0. The second-order valence-corrected chi connectivity index (χ2v) is 5.87. The maximum atomic E-state index is 12.2. The molecule has 1 aliphatic rings. The van der Waals surface area contributed by atoms with Gasteiger partial charge in [-0.2, -0.15) is 0 Å². The van der Waals surface area contributed by atoms with Gasteiger partial charge in [0.1, 0.15) is 5.75 Å². The van der Waals surface area contributed by atoms with Crippen LogP contribution in [0.4, 0.5) is 0 Å². The summed E-state index contributed by atoms with van der Waals surface area (Å²) in [5.74, 6) is 0.159. The van der Waals surface area contributed by atoms with Gasteiger partial charge in [0.25, 0.3) is 0 Å². The number of hydrogen-bond donors (Lipinski definition) is 3. The quantitative estimate of drug-likeness (QED) is 0.815. The number of phenolic OH excluding ortho intramolecular Hbond substituents is 1. The number of benzene rings is 2. The second-order valence-electron chi connectivity index (χ2n) is 5.44. The normalized spacial score (nSPS) is 16.9. The van der Waals surface area contributed by atoms with E-state index in [1.165, 1.54) is 0 Å². The highest BCUT2D eigenvalue weighted by Crippen LogP contribution is 2.25. The third-order valence-electron chi connectivity index (χ3n) is 3.78. The van der Waals surface area contributed by atoms with Crippen molar-refractivity contribution in [1.82, 2.24) is 10.6 Å². The number of rotatable bonds is 3. The number of halogens is 1. The van der Waals surface area contributed by atoms with Crippen LogP contribution in [0.25, 0.3) is 0 Å². The van der Waals surface area contributed by atoms with Crippen LogP contribution in [0.5, 0.6) is 5.75 Å². The van der Waals surface area contributed by atoms with E-state index in [9.17, 15) is 9.90 Å². The monoisotopic (exact) mass is 316 g/mol. The van der Waals surface area contributed by atoms with Crippen LogP contribution in [-0.2, 0) is 17.8 Å². The predicted molar refractivity (Wildman–Crippen MR) is 85.9 cm³/mol. The Kier molecular flexibility index (Phi) is 4.32. The van der Waals surface area contributed by atoms with E-state index < -0.39 is 0 Å². The molecule has 1 heterocycles. The van der Waals surface area contributed by atoms with Crippen LogP contribution in [0, 0.1) is 0 Å². The number of hydrogen-bond acceptors (Lipinski definition) is 3. The van der Waals surface area contributed by atoms with Gasteiger partial charge in [0.05, 0.1) is 12.5 Å². The summed E-state index contributed by atoms with van der Waals surface area (Å²) in [5.41, 5.74) is 3.10. The van der Waals surface area contributed by atoms with E-state index in [0.29, 0.717) is 18.0 Å². The number of nitrogens with one attached hydrogen (secondary N) is 2. The highest BCUT2D eigenvalue weighted by Gasteiger charge is 2.21. The highest BCUT2D eigenvalue weighted by atomic mass is 35.5. The van der Waals surface area contributed by atoms with Gasteiger partial charge in [-0.05, 0) is 41.0 Å². The molecular weight excluding hydrogens is 300 g/mol. The first-order chi connectivity index (χ1) is 10.6. The van der Waals surface area contributed by atoms with Crippen molar-refractivity contribution in [1.29, 1.82) is 0 Å². The third kappa shape index (κ3) is 3.40. The van der Waals surface area contributed by atoms with Gasteiger partial charge in [-0.3, -0.25) is 4.79 Å². The molecule has 2 aromatic rings. The SMILES string of the molecule is O=C(Cc1ccc(O)cc1)NC1CNCc2cc(Cl)ccc21. The van der Waals surface area contributed by atoms with Crippen LogP contribution in [0.15, 0.2) is 42.5 Å². The van der Waals surface area contributed by atoms with Gasteiger partial charge in [-0.25, -0.2) is 0 Å². The van der Waals surface area contributed by atoms with Crippen LogP contribution in [0.3, 0.4) is 0 Å². The van der Waals surface area contributed by atoms with Gasteiger partial charge in [-0.15, -0.1) is 0 Å². The number of carbonyl (C=O) groups is 1. The fraction of sp³-hybridized carbons (Fsp3) is 0.235. The molecule has 1 amide bonds. The molecule has 0 spiro atoms. The minimum atomic E-state index is -0.0503. The summed E-state index contributed by atoms with van der Waals surface area (Å²) >= 11 is 6.01. The lowest BCUT2D eigenvalue weighted by Gasteiger charge is -2.27. The molecule has 3 rings (SSSR count). The van der Waals surface area contributed by atoms with E-state index in [4.69, 9.17) is 11.6 Å². The number of amides is 1. The van der Waals surface area contributed by atoms with E-state index in [1.54, 1.807) is 24.3 Å². The van der Waals surface area contributed by atoms with Crippen molar-refractivity contribution in [2.75, 3.05) is 6.54 Å². The first kappa shape index (κ1) is 14.9. The molecule has 4 nitrogen and oxygen atoms in total. The van der Waals surface area contributed by atoms with Crippen LogP contribution < -0.4 is 10.6 Å². The lowest BCUT2D eigenvalue weighted by atomic mass is 9.96. The van der Waals surface area contributed by atoms with Crippen molar-refractivity contribution >= 4 is 17.5 Å². The maximum Gasteiger partial charge on any atom is 0.224 e. The average Bonchev–Trinajstić information content (AvgIpc) is 2.49. The van der Waals surface area contributed by atoms with Gasteiger partial charge in [0.2, 0.25) is 5.91 Å². The van der Waals surface area contributed by atoms with E-state index >= 15 is 0 Å². The van der Waals surface area contributed by atoms with Crippen molar-refractivity contribution in [3.05, 3.63) is 64.2 Å². The molecule has 0 aromatic heterocycles. The van der Waals surface area contributed by atoms with Crippen molar-refractivity contribution in [3.8, 4) is 5.75 Å². The topological polar surface area (TPSA) is 61.4 Å². The van der Waals surface area contributed by atoms with Gasteiger partial charge in [0.15, 0.2) is 0 Å². The number of fused-ring (bicyclic) bond motifs is 1. The summed E-state index contributed by atoms with van der Waals surface area (Å²) in [7, 11) is 0. The van der Waals surface area contributed by atoms with E-state index in [0.717, 1.165) is 23.2 Å². The zero-order valence-corrected chi connectivity index (χ0v) is 12.7. The van der Waals surface area contributed by atoms with Crippen molar-refractivity contribution in [2.24, 2.45) is 0 Å². The van der Waals surface area contributed by atoms with Crippen molar-refractivity contribution < 1.29 is 9.90 Å². The Morgan fingerprint density at radius 2 is 2.05 bits per heavy atom. The number of phenols is 1. The molecule has 1 unspecified atom stereocenters. The molecular formula is C17H17ClN2O2. The summed E-state index contributed by atoms with van der Waals surface area (Å²) in [5, 5.41) is 16.3. The van der Waals surface area contributed by atoms with Crippen molar-refractivity contribution in [2.45, 2.75) is 19.0 Å². The zero-order valence-electron chi connectivity index (χ0n) is 12.0. The Morgan fingerprint density at radius 1 is 1.27 bits per heavy atom. The Hall–Kier alpha value is -2.04. The third-order valence-corrected chi connectivity index (χ3v) is 4.02. The Morgan fingerprint density at radius 3 is 2.82 bits per heavy atom. The number of aromatic hydroxyl groups is 1. The van der Waals surface area contributed by atoms with Crippen LogP contribution in [0.1, 0.15) is 22.7 Å². The minimum absolute atomic E-state index is 0.0414. The van der Waals surface area contributed by atoms with Crippen molar-refractivity contribution in [3.63, 3.8) is 0 Å². The van der Waals surface area contributed by atoms with Gasteiger partial charge < -0.3 is 15.7 Å². The second kappa shape index (κ2) is 6.38. The molecule has 0 bridgehead atoms. The minimum Gasteiger partial charge on any atom is -0.508 e. The number of carbonyl (C=O) groups excluding carboxylic acids is 1. The lowest BCUT2D eigenvalue weighted by molar-refractivity contribution is -0.121. The maximum absolute atomic E-state index is 12.2. The standard InChI is InChI=1S/C17H17ClN2O2/c18-13-3-6-15-12(8-13)9-19-10-16(15)20-17(22)7-11-1-4-14(21)5-2-11/h1-6,8,16,19,21H,7,9-10H2,(H,20,22). The summed E-state index contributed by atoms with van der Waals surface area (Å²) in [4.78, 5) is 12.2. The fourth-order valence-corrected chi connectivity index (χ4v) is 2.90. The van der Waals surface area contributed by atoms with Crippen LogP contribution in [0.2, 0.25) is 5.02 Å². The van der Waals surface area contributed by atoms with E-state index in [2.05, 4.69) is 10.6 Å². The van der Waals surface area contributed by atoms with Crippen LogP contribution in [-0.4, -0.2) is 17.6 Å². The summed E-state index contributed by atoms with van der Waals surface area (Å²) in [6.07, 6.45) is 0.291. The molecule has 3 N–H and O–H groups in total. The van der Waals surface area contributed by atoms with Gasteiger partial charge in [-0.1, -0.05) is 29.8 Å². The predicted octanol–water partition coefficient (Wildman–Crippen LogP) is 2.55. The van der Waals surface area contributed by atoms with Crippen LogP contribution >= 0.6 is 11.6 Å². The lowest BCUT2D eigenvalue weighted by Crippen LogP contribution is -2.40. The highest BCUT2D eigenvalue weighted by molar-refractivity contribution is 6.30.